The van der Waals surface area contributed by atoms with Crippen LogP contribution in [0.15, 0.2) is 0 Å². The van der Waals surface area contributed by atoms with E-state index in [-0.39, 0.29) is 0 Å². The van der Waals surface area contributed by atoms with Gasteiger partial charge in [0.1, 0.15) is 0 Å². The van der Waals surface area contributed by atoms with Crippen molar-refractivity contribution in [3.63, 3.8) is 0 Å². The van der Waals surface area contributed by atoms with Crippen LogP contribution in [0.4, 0.5) is 0 Å². The Labute approximate surface area is 97.8 Å². The standard InChI is InChI=1S/C15H31/c1-7-10-12(4)14(6)15(9-3)13(5)11-8-2/h12-13,15H,7-11H2,1-6H3. The zero-order valence-electron chi connectivity index (χ0n) is 11.8. The van der Waals surface area contributed by atoms with E-state index in [1.54, 1.807) is 5.92 Å². The summed E-state index contributed by atoms with van der Waals surface area (Å²) >= 11 is 0. The van der Waals surface area contributed by atoms with E-state index in [2.05, 4.69) is 41.5 Å². The lowest BCUT2D eigenvalue weighted by Gasteiger charge is -2.32. The van der Waals surface area contributed by atoms with E-state index < -0.39 is 0 Å². The molecule has 3 unspecified atom stereocenters. The number of hydrogen-bond acceptors (Lipinski definition) is 0. The lowest BCUT2D eigenvalue weighted by atomic mass is 9.73. The summed E-state index contributed by atoms with van der Waals surface area (Å²) in [7, 11) is 0. The summed E-state index contributed by atoms with van der Waals surface area (Å²) in [5.41, 5.74) is 0. The Morgan fingerprint density at radius 1 is 0.933 bits per heavy atom. The molecule has 0 saturated heterocycles. The second-order valence-corrected chi connectivity index (χ2v) is 5.21. The van der Waals surface area contributed by atoms with Crippen molar-refractivity contribution in [1.29, 1.82) is 0 Å². The van der Waals surface area contributed by atoms with Gasteiger partial charge in [0.2, 0.25) is 0 Å². The molecule has 3 atom stereocenters. The van der Waals surface area contributed by atoms with E-state index >= 15 is 0 Å². The monoisotopic (exact) mass is 211 g/mol. The summed E-state index contributed by atoms with van der Waals surface area (Å²) < 4.78 is 0. The first kappa shape index (κ1) is 15.0. The SMILES string of the molecule is CCCC(C)[C](C)C(CC)C(C)CCC. The molecule has 0 aliphatic heterocycles. The predicted octanol–water partition coefficient (Wildman–Crippen LogP) is 5.48. The number of hydrogen-bond donors (Lipinski definition) is 0. The largest absolute Gasteiger partial charge is 0.0654 e. The molecule has 0 aromatic rings. The van der Waals surface area contributed by atoms with Crippen molar-refractivity contribution < 1.29 is 0 Å². The van der Waals surface area contributed by atoms with Crippen molar-refractivity contribution >= 4 is 0 Å². The molecule has 0 bridgehead atoms. The minimum absolute atomic E-state index is 0.819. The van der Waals surface area contributed by atoms with Crippen LogP contribution >= 0.6 is 0 Å². The summed E-state index contributed by atoms with van der Waals surface area (Å²) in [6.07, 6.45) is 6.71. The highest BCUT2D eigenvalue weighted by Crippen LogP contribution is 2.35. The van der Waals surface area contributed by atoms with Crippen molar-refractivity contribution in [2.75, 3.05) is 0 Å². The molecule has 0 spiro atoms. The van der Waals surface area contributed by atoms with Gasteiger partial charge in [-0.2, -0.15) is 0 Å². The highest BCUT2D eigenvalue weighted by atomic mass is 14.3. The van der Waals surface area contributed by atoms with Crippen molar-refractivity contribution in [3.05, 3.63) is 5.92 Å². The maximum atomic E-state index is 2.43. The van der Waals surface area contributed by atoms with E-state index in [4.69, 9.17) is 0 Å². The fourth-order valence-electron chi connectivity index (χ4n) is 2.86. The molecule has 0 saturated carbocycles. The Kier molecular flexibility index (Phi) is 8.19. The Morgan fingerprint density at radius 2 is 1.47 bits per heavy atom. The van der Waals surface area contributed by atoms with Crippen molar-refractivity contribution in [1.82, 2.24) is 0 Å². The molecule has 0 amide bonds. The first-order valence-electron chi connectivity index (χ1n) is 6.91. The van der Waals surface area contributed by atoms with Crippen LogP contribution in [0.1, 0.15) is 73.6 Å². The van der Waals surface area contributed by atoms with Gasteiger partial charge in [0.15, 0.2) is 0 Å². The van der Waals surface area contributed by atoms with E-state index in [0.717, 1.165) is 17.8 Å². The quantitative estimate of drug-likeness (QED) is 0.499. The normalized spacial score (nSPS) is 17.8. The molecule has 0 aliphatic rings. The van der Waals surface area contributed by atoms with Gasteiger partial charge in [0, 0.05) is 0 Å². The molecule has 0 aliphatic carbocycles. The third-order valence-corrected chi connectivity index (χ3v) is 3.95. The van der Waals surface area contributed by atoms with Crippen LogP contribution in [-0.2, 0) is 0 Å². The van der Waals surface area contributed by atoms with Crippen LogP contribution in [0.2, 0.25) is 0 Å². The Hall–Kier alpha value is 0. The Bertz CT molecular complexity index is 139. The molecule has 0 rings (SSSR count). The van der Waals surface area contributed by atoms with Crippen LogP contribution in [0, 0.1) is 23.7 Å². The average Bonchev–Trinajstić information content (AvgIpc) is 2.19. The van der Waals surface area contributed by atoms with Gasteiger partial charge in [-0.05, 0) is 23.7 Å². The molecule has 0 heterocycles. The molecule has 0 N–H and O–H groups in total. The van der Waals surface area contributed by atoms with Gasteiger partial charge in [0.25, 0.3) is 0 Å². The van der Waals surface area contributed by atoms with Crippen molar-refractivity contribution in [2.24, 2.45) is 17.8 Å². The lowest BCUT2D eigenvalue weighted by molar-refractivity contribution is 0.296. The zero-order valence-corrected chi connectivity index (χ0v) is 11.8. The van der Waals surface area contributed by atoms with Crippen LogP contribution in [0.3, 0.4) is 0 Å². The Morgan fingerprint density at radius 3 is 1.87 bits per heavy atom. The van der Waals surface area contributed by atoms with E-state index in [1.165, 1.54) is 32.1 Å². The maximum absolute atomic E-state index is 2.43. The van der Waals surface area contributed by atoms with Crippen LogP contribution in [0.25, 0.3) is 0 Å². The fourth-order valence-corrected chi connectivity index (χ4v) is 2.86. The minimum atomic E-state index is 0.819. The molecule has 0 heteroatoms. The third-order valence-electron chi connectivity index (χ3n) is 3.95. The van der Waals surface area contributed by atoms with Crippen LogP contribution in [0.5, 0.6) is 0 Å². The smallest absolute Gasteiger partial charge is 0.0210 e. The van der Waals surface area contributed by atoms with Gasteiger partial charge in [0.05, 0.1) is 0 Å². The predicted molar refractivity (Wildman–Crippen MR) is 70.8 cm³/mol. The van der Waals surface area contributed by atoms with E-state index in [1.807, 2.05) is 0 Å². The summed E-state index contributed by atoms with van der Waals surface area (Å²) in [5, 5.41) is 0. The van der Waals surface area contributed by atoms with E-state index in [9.17, 15) is 0 Å². The highest BCUT2D eigenvalue weighted by Gasteiger charge is 2.25. The van der Waals surface area contributed by atoms with E-state index in [0.29, 0.717) is 0 Å². The van der Waals surface area contributed by atoms with Gasteiger partial charge in [-0.15, -0.1) is 0 Å². The molecule has 15 heavy (non-hydrogen) atoms. The molecule has 0 aromatic heterocycles. The fraction of sp³-hybridized carbons (Fsp3) is 0.933. The Balaban J connectivity index is 4.24. The van der Waals surface area contributed by atoms with Gasteiger partial charge in [-0.1, -0.05) is 73.6 Å². The molecule has 1 radical (unpaired) electrons. The molecule has 0 fully saturated rings. The maximum Gasteiger partial charge on any atom is -0.0210 e. The second-order valence-electron chi connectivity index (χ2n) is 5.21. The summed E-state index contributed by atoms with van der Waals surface area (Å²) in [6.45, 7) is 14.2. The second kappa shape index (κ2) is 8.19. The van der Waals surface area contributed by atoms with Crippen molar-refractivity contribution in [3.8, 4) is 0 Å². The highest BCUT2D eigenvalue weighted by molar-refractivity contribution is 4.97. The topological polar surface area (TPSA) is 0 Å². The van der Waals surface area contributed by atoms with Gasteiger partial charge in [-0.25, -0.2) is 0 Å². The number of rotatable bonds is 8. The molecule has 0 nitrogen and oxygen atoms in total. The summed E-state index contributed by atoms with van der Waals surface area (Å²) in [4.78, 5) is 0. The minimum Gasteiger partial charge on any atom is -0.0654 e. The van der Waals surface area contributed by atoms with Crippen molar-refractivity contribution in [2.45, 2.75) is 73.6 Å². The zero-order chi connectivity index (χ0) is 11.8. The van der Waals surface area contributed by atoms with Crippen LogP contribution in [-0.4, -0.2) is 0 Å². The lowest BCUT2D eigenvalue weighted by Crippen LogP contribution is -2.22. The first-order chi connectivity index (χ1) is 7.08. The third kappa shape index (κ3) is 5.04. The van der Waals surface area contributed by atoms with Crippen LogP contribution < -0.4 is 0 Å². The molecule has 91 valence electrons. The molecule has 0 aromatic carbocycles. The van der Waals surface area contributed by atoms with Gasteiger partial charge in [-0.3, -0.25) is 0 Å². The average molecular weight is 211 g/mol. The molecular formula is C15H31. The van der Waals surface area contributed by atoms with Gasteiger partial charge < -0.3 is 0 Å². The summed E-state index contributed by atoms with van der Waals surface area (Å²) in [6, 6.07) is 0. The molecular weight excluding hydrogens is 180 g/mol. The van der Waals surface area contributed by atoms with Gasteiger partial charge >= 0.3 is 0 Å². The first-order valence-corrected chi connectivity index (χ1v) is 6.91. The summed E-state index contributed by atoms with van der Waals surface area (Å²) in [5.74, 6) is 4.30.